The summed E-state index contributed by atoms with van der Waals surface area (Å²) in [6.45, 7) is 4.66. The normalized spacial score (nSPS) is 10.4. The van der Waals surface area contributed by atoms with Gasteiger partial charge in [0.05, 0.1) is 7.11 Å². The third-order valence-electron chi connectivity index (χ3n) is 2.71. The van der Waals surface area contributed by atoms with E-state index in [1.807, 2.05) is 24.3 Å². The van der Waals surface area contributed by atoms with Gasteiger partial charge < -0.3 is 14.8 Å². The highest BCUT2D eigenvalue weighted by Gasteiger charge is 2.01. The van der Waals surface area contributed by atoms with Crippen molar-refractivity contribution in [3.8, 4) is 11.5 Å². The summed E-state index contributed by atoms with van der Waals surface area (Å²) in [5, 5.41) is 3.32. The van der Waals surface area contributed by atoms with E-state index < -0.39 is 0 Å². The van der Waals surface area contributed by atoms with Crippen molar-refractivity contribution in [2.75, 3.05) is 13.7 Å². The Hall–Kier alpha value is -1.52. The summed E-state index contributed by atoms with van der Waals surface area (Å²) < 4.78 is 10.9. The fraction of sp³-hybridized carbons (Fsp3) is 0.333. The van der Waals surface area contributed by atoms with Crippen molar-refractivity contribution in [3.63, 3.8) is 0 Å². The lowest BCUT2D eigenvalue weighted by atomic mass is 10.3. The van der Waals surface area contributed by atoms with E-state index in [0.29, 0.717) is 6.61 Å². The zero-order valence-corrected chi connectivity index (χ0v) is 12.1. The van der Waals surface area contributed by atoms with Crippen molar-refractivity contribution < 1.29 is 9.47 Å². The Balaban J connectivity index is 1.85. The summed E-state index contributed by atoms with van der Waals surface area (Å²) in [4.78, 5) is 2.58. The van der Waals surface area contributed by atoms with E-state index in [1.165, 1.54) is 9.75 Å². The van der Waals surface area contributed by atoms with Crippen LogP contribution in [0.1, 0.15) is 16.7 Å². The van der Waals surface area contributed by atoms with Crippen LogP contribution in [0, 0.1) is 0 Å². The lowest BCUT2D eigenvalue weighted by Gasteiger charge is -2.05. The molecule has 0 atom stereocenters. The maximum absolute atomic E-state index is 5.74. The minimum Gasteiger partial charge on any atom is -0.497 e. The Kier molecular flexibility index (Phi) is 5.24. The molecule has 1 heterocycles. The van der Waals surface area contributed by atoms with Crippen molar-refractivity contribution in [1.82, 2.24) is 5.32 Å². The topological polar surface area (TPSA) is 30.5 Å². The van der Waals surface area contributed by atoms with Gasteiger partial charge in [-0.25, -0.2) is 0 Å². The van der Waals surface area contributed by atoms with E-state index >= 15 is 0 Å². The highest BCUT2D eigenvalue weighted by molar-refractivity contribution is 7.11. The molecular formula is C15H19NO2S. The molecule has 1 aromatic carbocycles. The molecule has 4 heteroatoms. The summed E-state index contributed by atoms with van der Waals surface area (Å²) in [5.74, 6) is 1.71. The standard InChI is InChI=1S/C15H19NO2S/c1-3-16-10-14-8-9-15(19-14)11-18-13-6-4-12(17-2)5-7-13/h4-9,16H,3,10-11H2,1-2H3. The lowest BCUT2D eigenvalue weighted by molar-refractivity contribution is 0.309. The van der Waals surface area contributed by atoms with Crippen LogP contribution in [0.3, 0.4) is 0 Å². The summed E-state index contributed by atoms with van der Waals surface area (Å²) in [7, 11) is 1.66. The third kappa shape index (κ3) is 4.26. The second kappa shape index (κ2) is 7.16. The van der Waals surface area contributed by atoms with Gasteiger partial charge in [-0.15, -0.1) is 11.3 Å². The molecule has 2 aromatic rings. The second-order valence-electron chi connectivity index (χ2n) is 4.11. The minimum absolute atomic E-state index is 0.614. The number of rotatable bonds is 7. The third-order valence-corrected chi connectivity index (χ3v) is 3.77. The maximum atomic E-state index is 5.74. The molecule has 1 aromatic heterocycles. The number of hydrogen-bond donors (Lipinski definition) is 1. The summed E-state index contributed by atoms with van der Waals surface area (Å²) >= 11 is 1.79. The Morgan fingerprint density at radius 3 is 2.37 bits per heavy atom. The van der Waals surface area contributed by atoms with Crippen molar-refractivity contribution in [1.29, 1.82) is 0 Å². The van der Waals surface area contributed by atoms with Crippen LogP contribution in [0.2, 0.25) is 0 Å². The molecule has 0 fully saturated rings. The van der Waals surface area contributed by atoms with Crippen LogP contribution in [-0.2, 0) is 13.2 Å². The lowest BCUT2D eigenvalue weighted by Crippen LogP contribution is -2.10. The Labute approximate surface area is 118 Å². The Morgan fingerprint density at radius 2 is 1.68 bits per heavy atom. The fourth-order valence-corrected chi connectivity index (χ4v) is 2.57. The average Bonchev–Trinajstić information content (AvgIpc) is 2.91. The largest absolute Gasteiger partial charge is 0.497 e. The first-order valence-corrected chi connectivity index (χ1v) is 7.18. The summed E-state index contributed by atoms with van der Waals surface area (Å²) in [6.07, 6.45) is 0. The molecule has 0 aliphatic rings. The first kappa shape index (κ1) is 13.9. The average molecular weight is 277 g/mol. The van der Waals surface area contributed by atoms with Crippen molar-refractivity contribution in [3.05, 3.63) is 46.2 Å². The number of thiophene rings is 1. The highest BCUT2D eigenvalue weighted by atomic mass is 32.1. The van der Waals surface area contributed by atoms with Crippen LogP contribution >= 0.6 is 11.3 Å². The van der Waals surface area contributed by atoms with Gasteiger partial charge in [-0.05, 0) is 42.9 Å². The van der Waals surface area contributed by atoms with E-state index in [1.54, 1.807) is 18.4 Å². The van der Waals surface area contributed by atoms with Gasteiger partial charge >= 0.3 is 0 Å². The van der Waals surface area contributed by atoms with Crippen molar-refractivity contribution >= 4 is 11.3 Å². The predicted octanol–water partition coefficient (Wildman–Crippen LogP) is 3.45. The maximum Gasteiger partial charge on any atom is 0.122 e. The Bertz CT molecular complexity index is 493. The van der Waals surface area contributed by atoms with Gasteiger partial charge in [0.25, 0.3) is 0 Å². The van der Waals surface area contributed by atoms with Gasteiger partial charge in [-0.3, -0.25) is 0 Å². The van der Waals surface area contributed by atoms with Gasteiger partial charge in [-0.2, -0.15) is 0 Å². The highest BCUT2D eigenvalue weighted by Crippen LogP contribution is 2.21. The summed E-state index contributed by atoms with van der Waals surface area (Å²) in [5.41, 5.74) is 0. The van der Waals surface area contributed by atoms with E-state index in [0.717, 1.165) is 24.6 Å². The van der Waals surface area contributed by atoms with Gasteiger partial charge in [0.2, 0.25) is 0 Å². The number of ether oxygens (including phenoxy) is 2. The zero-order chi connectivity index (χ0) is 13.5. The first-order chi connectivity index (χ1) is 9.31. The van der Waals surface area contributed by atoms with Crippen molar-refractivity contribution in [2.45, 2.75) is 20.1 Å². The number of benzene rings is 1. The van der Waals surface area contributed by atoms with E-state index in [2.05, 4.69) is 24.4 Å². The van der Waals surface area contributed by atoms with Crippen LogP contribution in [0.5, 0.6) is 11.5 Å². The molecule has 0 radical (unpaired) electrons. The van der Waals surface area contributed by atoms with E-state index in [-0.39, 0.29) is 0 Å². The molecule has 0 aliphatic carbocycles. The zero-order valence-electron chi connectivity index (χ0n) is 11.3. The molecule has 0 spiro atoms. The smallest absolute Gasteiger partial charge is 0.122 e. The molecule has 2 rings (SSSR count). The van der Waals surface area contributed by atoms with Gasteiger partial charge in [-0.1, -0.05) is 6.92 Å². The van der Waals surface area contributed by atoms with Crippen LogP contribution in [0.25, 0.3) is 0 Å². The fourth-order valence-electron chi connectivity index (χ4n) is 1.67. The SMILES string of the molecule is CCNCc1ccc(COc2ccc(OC)cc2)s1. The molecule has 0 aliphatic heterocycles. The number of hydrogen-bond acceptors (Lipinski definition) is 4. The molecule has 0 saturated carbocycles. The van der Waals surface area contributed by atoms with Gasteiger partial charge in [0, 0.05) is 16.3 Å². The first-order valence-electron chi connectivity index (χ1n) is 6.37. The number of methoxy groups -OCH3 is 1. The van der Waals surface area contributed by atoms with E-state index in [4.69, 9.17) is 9.47 Å². The predicted molar refractivity (Wildman–Crippen MR) is 79.0 cm³/mol. The molecule has 102 valence electrons. The second-order valence-corrected chi connectivity index (χ2v) is 5.37. The molecule has 0 bridgehead atoms. The quantitative estimate of drug-likeness (QED) is 0.841. The molecule has 0 saturated heterocycles. The van der Waals surface area contributed by atoms with E-state index in [9.17, 15) is 0 Å². The van der Waals surface area contributed by atoms with Gasteiger partial charge in [0.1, 0.15) is 18.1 Å². The monoisotopic (exact) mass is 277 g/mol. The molecule has 0 amide bonds. The molecule has 19 heavy (non-hydrogen) atoms. The molecule has 1 N–H and O–H groups in total. The Morgan fingerprint density at radius 1 is 1.00 bits per heavy atom. The molecular weight excluding hydrogens is 258 g/mol. The molecule has 3 nitrogen and oxygen atoms in total. The summed E-state index contributed by atoms with van der Waals surface area (Å²) in [6, 6.07) is 11.9. The van der Waals surface area contributed by atoms with Crippen molar-refractivity contribution in [2.24, 2.45) is 0 Å². The minimum atomic E-state index is 0.614. The van der Waals surface area contributed by atoms with Crippen LogP contribution < -0.4 is 14.8 Å². The van der Waals surface area contributed by atoms with Crippen LogP contribution in [-0.4, -0.2) is 13.7 Å². The van der Waals surface area contributed by atoms with Crippen LogP contribution in [0.15, 0.2) is 36.4 Å². The van der Waals surface area contributed by atoms with Gasteiger partial charge in [0.15, 0.2) is 0 Å². The molecule has 0 unspecified atom stereocenters. The number of nitrogens with one attached hydrogen (secondary N) is 1. The van der Waals surface area contributed by atoms with Crippen LogP contribution in [0.4, 0.5) is 0 Å².